The van der Waals surface area contributed by atoms with Crippen LogP contribution in [0.1, 0.15) is 10.5 Å². The SMILES string of the molecule is O=C(c1cc2ccccc2n1-c1ccc(Cl)c(Cl)c1)N1CC(F)C1. The summed E-state index contributed by atoms with van der Waals surface area (Å²) < 4.78 is 15.0. The number of para-hydroxylation sites is 1. The molecule has 24 heavy (non-hydrogen) atoms. The molecule has 3 nitrogen and oxygen atoms in total. The minimum Gasteiger partial charge on any atom is -0.331 e. The van der Waals surface area contributed by atoms with E-state index in [1.807, 2.05) is 41.0 Å². The summed E-state index contributed by atoms with van der Waals surface area (Å²) in [5, 5.41) is 1.80. The van der Waals surface area contributed by atoms with Gasteiger partial charge in [0.15, 0.2) is 0 Å². The van der Waals surface area contributed by atoms with Gasteiger partial charge in [0.25, 0.3) is 5.91 Å². The molecular formula is C18H13Cl2FN2O. The Bertz CT molecular complexity index is 947. The third-order valence-corrected chi connectivity index (χ3v) is 4.95. The van der Waals surface area contributed by atoms with Gasteiger partial charge in [-0.3, -0.25) is 4.79 Å². The lowest BCUT2D eigenvalue weighted by atomic mass is 10.1. The lowest BCUT2D eigenvalue weighted by Crippen LogP contribution is -2.51. The minimum absolute atomic E-state index is 0.141. The van der Waals surface area contributed by atoms with E-state index in [4.69, 9.17) is 23.2 Å². The number of nitrogens with zero attached hydrogens (tertiary/aromatic N) is 2. The molecule has 1 saturated heterocycles. The van der Waals surface area contributed by atoms with E-state index >= 15 is 0 Å². The standard InChI is InChI=1S/C18H13Cl2FN2O/c19-14-6-5-13(8-15(14)20)23-16-4-2-1-3-11(16)7-17(23)18(24)22-9-12(21)10-22/h1-8,12H,9-10H2. The molecule has 1 amide bonds. The first-order valence-electron chi connectivity index (χ1n) is 7.54. The molecule has 1 aliphatic rings. The maximum Gasteiger partial charge on any atom is 0.271 e. The lowest BCUT2D eigenvalue weighted by Gasteiger charge is -2.34. The van der Waals surface area contributed by atoms with Crippen LogP contribution in [0.4, 0.5) is 4.39 Å². The summed E-state index contributed by atoms with van der Waals surface area (Å²) >= 11 is 12.1. The molecule has 0 atom stereocenters. The lowest BCUT2D eigenvalue weighted by molar-refractivity contribution is 0.0393. The molecule has 1 fully saturated rings. The maximum atomic E-state index is 13.1. The second kappa shape index (κ2) is 5.80. The molecule has 0 N–H and O–H groups in total. The maximum absolute atomic E-state index is 13.1. The number of alkyl halides is 1. The number of aromatic nitrogens is 1. The van der Waals surface area contributed by atoms with Crippen LogP contribution in [0.5, 0.6) is 0 Å². The van der Waals surface area contributed by atoms with Crippen LogP contribution >= 0.6 is 23.2 Å². The smallest absolute Gasteiger partial charge is 0.271 e. The van der Waals surface area contributed by atoms with E-state index in [1.54, 1.807) is 12.1 Å². The number of amides is 1. The van der Waals surface area contributed by atoms with Crippen LogP contribution in [0.15, 0.2) is 48.5 Å². The van der Waals surface area contributed by atoms with Gasteiger partial charge in [-0.15, -0.1) is 0 Å². The van der Waals surface area contributed by atoms with Crippen molar-refractivity contribution < 1.29 is 9.18 Å². The van der Waals surface area contributed by atoms with Crippen molar-refractivity contribution in [3.05, 3.63) is 64.3 Å². The van der Waals surface area contributed by atoms with E-state index in [2.05, 4.69) is 0 Å². The van der Waals surface area contributed by atoms with Crippen LogP contribution in [0.25, 0.3) is 16.6 Å². The fourth-order valence-electron chi connectivity index (χ4n) is 2.97. The first kappa shape index (κ1) is 15.5. The summed E-state index contributed by atoms with van der Waals surface area (Å²) in [7, 11) is 0. The predicted octanol–water partition coefficient (Wildman–Crippen LogP) is 4.73. The van der Waals surface area contributed by atoms with Crippen molar-refractivity contribution in [1.82, 2.24) is 9.47 Å². The molecule has 0 bridgehead atoms. The van der Waals surface area contributed by atoms with Crippen molar-refractivity contribution in [2.24, 2.45) is 0 Å². The number of likely N-dealkylation sites (tertiary alicyclic amines) is 1. The van der Waals surface area contributed by atoms with Crippen molar-refractivity contribution in [2.75, 3.05) is 13.1 Å². The predicted molar refractivity (Wildman–Crippen MR) is 94.1 cm³/mol. The van der Waals surface area contributed by atoms with E-state index in [-0.39, 0.29) is 19.0 Å². The Balaban J connectivity index is 1.90. The zero-order valence-corrected chi connectivity index (χ0v) is 14.1. The molecule has 3 aromatic rings. The van der Waals surface area contributed by atoms with Gasteiger partial charge in [0.2, 0.25) is 0 Å². The zero-order valence-electron chi connectivity index (χ0n) is 12.5. The first-order chi connectivity index (χ1) is 11.5. The zero-order chi connectivity index (χ0) is 16.8. The number of hydrogen-bond donors (Lipinski definition) is 0. The molecule has 1 aromatic heterocycles. The molecule has 0 radical (unpaired) electrons. The largest absolute Gasteiger partial charge is 0.331 e. The third kappa shape index (κ3) is 2.46. The molecule has 4 rings (SSSR count). The fraction of sp³-hybridized carbons (Fsp3) is 0.167. The van der Waals surface area contributed by atoms with Gasteiger partial charge in [-0.1, -0.05) is 41.4 Å². The van der Waals surface area contributed by atoms with Crippen molar-refractivity contribution in [1.29, 1.82) is 0 Å². The van der Waals surface area contributed by atoms with Crippen LogP contribution in [0.2, 0.25) is 10.0 Å². The molecule has 0 saturated carbocycles. The summed E-state index contributed by atoms with van der Waals surface area (Å²) in [6, 6.07) is 14.8. The Hall–Kier alpha value is -2.04. The van der Waals surface area contributed by atoms with Gasteiger partial charge in [-0.25, -0.2) is 4.39 Å². The van der Waals surface area contributed by atoms with E-state index in [1.165, 1.54) is 4.90 Å². The second-order valence-electron chi connectivity index (χ2n) is 5.83. The number of carbonyl (C=O) groups is 1. The Labute approximate surface area is 148 Å². The van der Waals surface area contributed by atoms with Gasteiger partial charge in [0.05, 0.1) is 28.7 Å². The normalized spacial score (nSPS) is 14.9. The quantitative estimate of drug-likeness (QED) is 0.646. The van der Waals surface area contributed by atoms with Crippen LogP contribution in [0, 0.1) is 0 Å². The molecule has 2 aromatic carbocycles. The van der Waals surface area contributed by atoms with Gasteiger partial charge in [-0.2, -0.15) is 0 Å². The van der Waals surface area contributed by atoms with Crippen LogP contribution < -0.4 is 0 Å². The number of hydrogen-bond acceptors (Lipinski definition) is 1. The Kier molecular flexibility index (Phi) is 3.74. The number of rotatable bonds is 2. The molecule has 2 heterocycles. The average molecular weight is 363 g/mol. The summed E-state index contributed by atoms with van der Waals surface area (Å²) in [6.07, 6.45) is -0.934. The Morgan fingerprint density at radius 1 is 1.04 bits per heavy atom. The molecule has 1 aliphatic heterocycles. The van der Waals surface area contributed by atoms with E-state index in [0.29, 0.717) is 15.7 Å². The summed E-state index contributed by atoms with van der Waals surface area (Å²) in [6.45, 7) is 0.281. The average Bonchev–Trinajstić information content (AvgIpc) is 2.93. The molecule has 0 spiro atoms. The van der Waals surface area contributed by atoms with Gasteiger partial charge >= 0.3 is 0 Å². The molecular weight excluding hydrogens is 350 g/mol. The summed E-state index contributed by atoms with van der Waals surface area (Å²) in [5.74, 6) is -0.189. The Morgan fingerprint density at radius 2 is 1.79 bits per heavy atom. The molecule has 6 heteroatoms. The van der Waals surface area contributed by atoms with Crippen molar-refractivity contribution in [3.8, 4) is 5.69 Å². The monoisotopic (exact) mass is 362 g/mol. The highest BCUT2D eigenvalue weighted by Gasteiger charge is 2.33. The van der Waals surface area contributed by atoms with Gasteiger partial charge in [0, 0.05) is 11.1 Å². The van der Waals surface area contributed by atoms with Crippen LogP contribution in [-0.4, -0.2) is 34.6 Å². The number of halogens is 3. The van der Waals surface area contributed by atoms with E-state index < -0.39 is 6.17 Å². The fourth-order valence-corrected chi connectivity index (χ4v) is 3.26. The van der Waals surface area contributed by atoms with E-state index in [0.717, 1.165) is 16.6 Å². The number of fused-ring (bicyclic) bond motifs is 1. The van der Waals surface area contributed by atoms with Crippen LogP contribution in [0.3, 0.4) is 0 Å². The van der Waals surface area contributed by atoms with Crippen molar-refractivity contribution >= 4 is 40.0 Å². The summed E-state index contributed by atoms with van der Waals surface area (Å²) in [5.41, 5.74) is 2.12. The third-order valence-electron chi connectivity index (χ3n) is 4.22. The highest BCUT2D eigenvalue weighted by molar-refractivity contribution is 6.42. The van der Waals surface area contributed by atoms with Gasteiger partial charge in [-0.05, 0) is 30.3 Å². The highest BCUT2D eigenvalue weighted by atomic mass is 35.5. The molecule has 122 valence electrons. The van der Waals surface area contributed by atoms with Crippen LogP contribution in [-0.2, 0) is 0 Å². The van der Waals surface area contributed by atoms with Crippen molar-refractivity contribution in [2.45, 2.75) is 6.17 Å². The summed E-state index contributed by atoms with van der Waals surface area (Å²) in [4.78, 5) is 14.3. The topological polar surface area (TPSA) is 25.2 Å². The van der Waals surface area contributed by atoms with Gasteiger partial charge < -0.3 is 9.47 Å². The first-order valence-corrected chi connectivity index (χ1v) is 8.29. The number of carbonyl (C=O) groups excluding carboxylic acids is 1. The number of benzene rings is 2. The van der Waals surface area contributed by atoms with Gasteiger partial charge in [0.1, 0.15) is 11.9 Å². The molecule has 0 aliphatic carbocycles. The molecule has 0 unspecified atom stereocenters. The minimum atomic E-state index is -0.934. The van der Waals surface area contributed by atoms with E-state index in [9.17, 15) is 9.18 Å². The highest BCUT2D eigenvalue weighted by Crippen LogP contribution is 2.30. The Morgan fingerprint density at radius 3 is 2.50 bits per heavy atom. The van der Waals surface area contributed by atoms with Crippen molar-refractivity contribution in [3.63, 3.8) is 0 Å². The second-order valence-corrected chi connectivity index (χ2v) is 6.64.